The fourth-order valence-electron chi connectivity index (χ4n) is 3.30. The zero-order valence-corrected chi connectivity index (χ0v) is 13.7. The number of rotatable bonds is 4. The Morgan fingerprint density at radius 3 is 2.43 bits per heavy atom. The lowest BCUT2D eigenvalue weighted by Gasteiger charge is -2.16. The van der Waals surface area contributed by atoms with Crippen LogP contribution in [0.4, 0.5) is 0 Å². The number of sulfonamides is 1. The maximum atomic E-state index is 12.6. The Kier molecular flexibility index (Phi) is 3.50. The van der Waals surface area contributed by atoms with E-state index in [1.54, 1.807) is 11.2 Å². The molecule has 1 saturated heterocycles. The molecular weight excluding hydrogens is 314 g/mol. The van der Waals surface area contributed by atoms with Gasteiger partial charge in [-0.15, -0.1) is 0 Å². The first kappa shape index (κ1) is 14.8. The Labute approximate surface area is 135 Å². The number of hydrogen-bond acceptors (Lipinski definition) is 5. The number of benzene rings is 1. The average Bonchev–Trinajstić information content (AvgIpc) is 3.18. The van der Waals surface area contributed by atoms with Crippen LogP contribution < -0.4 is 0 Å². The third-order valence-electron chi connectivity index (χ3n) is 4.68. The topological polar surface area (TPSA) is 76.3 Å². The third-order valence-corrected chi connectivity index (χ3v) is 7.01. The van der Waals surface area contributed by atoms with Gasteiger partial charge in [-0.25, -0.2) is 12.7 Å². The summed E-state index contributed by atoms with van der Waals surface area (Å²) >= 11 is 0. The summed E-state index contributed by atoms with van der Waals surface area (Å²) in [4.78, 5) is 4.35. The van der Waals surface area contributed by atoms with Crippen molar-refractivity contribution in [3.8, 4) is 0 Å². The first-order valence-corrected chi connectivity index (χ1v) is 9.40. The Balaban J connectivity index is 1.69. The lowest BCUT2D eigenvalue weighted by molar-refractivity contribution is 0.345. The van der Waals surface area contributed by atoms with Gasteiger partial charge in [0.25, 0.3) is 0 Å². The van der Waals surface area contributed by atoms with Gasteiger partial charge in [-0.05, 0) is 25.3 Å². The van der Waals surface area contributed by atoms with Crippen molar-refractivity contribution in [2.24, 2.45) is 0 Å². The quantitative estimate of drug-likeness (QED) is 0.856. The second-order valence-corrected chi connectivity index (χ2v) is 8.58. The van der Waals surface area contributed by atoms with Crippen molar-refractivity contribution < 1.29 is 12.9 Å². The number of hydrogen-bond donors (Lipinski definition) is 0. The molecule has 2 aromatic rings. The third kappa shape index (κ3) is 2.68. The largest absolute Gasteiger partial charge is 0.339 e. The normalized spacial score (nSPS) is 25.8. The highest BCUT2D eigenvalue weighted by molar-refractivity contribution is 7.90. The van der Waals surface area contributed by atoms with Crippen molar-refractivity contribution in [2.75, 3.05) is 13.1 Å². The number of aryl methyl sites for hydroxylation is 1. The predicted octanol–water partition coefficient (Wildman–Crippen LogP) is 2.05. The van der Waals surface area contributed by atoms with Crippen molar-refractivity contribution in [3.05, 3.63) is 47.6 Å². The fourth-order valence-corrected chi connectivity index (χ4v) is 5.19. The molecule has 2 atom stereocenters. The smallest absolute Gasteiger partial charge is 0.231 e. The van der Waals surface area contributed by atoms with Gasteiger partial charge in [0, 0.05) is 19.0 Å². The van der Waals surface area contributed by atoms with Crippen LogP contribution in [0.3, 0.4) is 0 Å². The van der Waals surface area contributed by atoms with Crippen molar-refractivity contribution in [1.29, 1.82) is 0 Å². The zero-order valence-electron chi connectivity index (χ0n) is 12.9. The van der Waals surface area contributed by atoms with Crippen LogP contribution in [0, 0.1) is 6.92 Å². The Morgan fingerprint density at radius 1 is 1.13 bits per heavy atom. The number of aromatic nitrogens is 2. The van der Waals surface area contributed by atoms with Crippen LogP contribution in [0.5, 0.6) is 0 Å². The molecular formula is C16H19N3O3S. The molecule has 2 aliphatic rings. The van der Waals surface area contributed by atoms with E-state index in [4.69, 9.17) is 4.52 Å². The van der Waals surface area contributed by atoms with E-state index in [1.807, 2.05) is 30.3 Å². The molecule has 1 aromatic carbocycles. The van der Waals surface area contributed by atoms with Gasteiger partial charge in [0.2, 0.25) is 15.9 Å². The summed E-state index contributed by atoms with van der Waals surface area (Å²) in [6, 6.07) is 9.98. The van der Waals surface area contributed by atoms with Crippen LogP contribution in [0.1, 0.15) is 42.0 Å². The monoisotopic (exact) mass is 333 g/mol. The minimum absolute atomic E-state index is 0.0459. The van der Waals surface area contributed by atoms with Gasteiger partial charge in [-0.1, -0.05) is 35.5 Å². The summed E-state index contributed by atoms with van der Waals surface area (Å²) in [5, 5.41) is 3.68. The standard InChI is InChI=1S/C16H19N3O3S/c1-11-17-16(22-18-11)15-10-19(23(20,21)13-7-8-13)9-14(15)12-5-3-2-4-6-12/h2-6,13-15H,7-10H2,1H3/t14-,15+/m1/s1. The molecule has 4 rings (SSSR count). The van der Waals surface area contributed by atoms with Gasteiger partial charge >= 0.3 is 0 Å². The molecule has 0 radical (unpaired) electrons. The zero-order chi connectivity index (χ0) is 16.0. The van der Waals surface area contributed by atoms with Crippen LogP contribution >= 0.6 is 0 Å². The molecule has 1 saturated carbocycles. The van der Waals surface area contributed by atoms with Crippen molar-refractivity contribution in [3.63, 3.8) is 0 Å². The summed E-state index contributed by atoms with van der Waals surface area (Å²) < 4.78 is 32.2. The summed E-state index contributed by atoms with van der Waals surface area (Å²) in [6.45, 7) is 2.67. The van der Waals surface area contributed by atoms with Crippen molar-refractivity contribution >= 4 is 10.0 Å². The van der Waals surface area contributed by atoms with Crippen molar-refractivity contribution in [1.82, 2.24) is 14.4 Å². The van der Waals surface area contributed by atoms with E-state index in [2.05, 4.69) is 10.1 Å². The summed E-state index contributed by atoms with van der Waals surface area (Å²) in [7, 11) is -3.20. The summed E-state index contributed by atoms with van der Waals surface area (Å²) in [5.74, 6) is 1.07. The maximum absolute atomic E-state index is 12.6. The summed E-state index contributed by atoms with van der Waals surface area (Å²) in [6.07, 6.45) is 1.55. The Morgan fingerprint density at radius 2 is 1.83 bits per heavy atom. The molecule has 2 fully saturated rings. The summed E-state index contributed by atoms with van der Waals surface area (Å²) in [5.41, 5.74) is 1.11. The molecule has 1 aliphatic heterocycles. The second-order valence-electron chi connectivity index (χ2n) is 6.36. The van der Waals surface area contributed by atoms with E-state index in [0.717, 1.165) is 18.4 Å². The number of nitrogens with zero attached hydrogens (tertiary/aromatic N) is 3. The second kappa shape index (κ2) is 5.42. The Bertz CT molecular complexity index is 799. The van der Waals surface area contributed by atoms with Crippen LogP contribution in [0.25, 0.3) is 0 Å². The van der Waals surface area contributed by atoms with E-state index >= 15 is 0 Å². The molecule has 0 N–H and O–H groups in total. The first-order chi connectivity index (χ1) is 11.1. The van der Waals surface area contributed by atoms with Crippen LogP contribution in [0.2, 0.25) is 0 Å². The average molecular weight is 333 g/mol. The molecule has 1 aliphatic carbocycles. The van der Waals surface area contributed by atoms with Gasteiger partial charge in [0.05, 0.1) is 11.2 Å². The molecule has 0 amide bonds. The fraction of sp³-hybridized carbons (Fsp3) is 0.500. The minimum atomic E-state index is -3.20. The highest BCUT2D eigenvalue weighted by Crippen LogP contribution is 2.42. The van der Waals surface area contributed by atoms with E-state index in [1.165, 1.54) is 0 Å². The van der Waals surface area contributed by atoms with Crippen molar-refractivity contribution in [2.45, 2.75) is 36.9 Å². The van der Waals surface area contributed by atoms with E-state index < -0.39 is 10.0 Å². The predicted molar refractivity (Wildman–Crippen MR) is 84.5 cm³/mol. The van der Waals surface area contributed by atoms with Crippen LogP contribution in [0.15, 0.2) is 34.9 Å². The highest BCUT2D eigenvalue weighted by atomic mass is 32.2. The maximum Gasteiger partial charge on any atom is 0.231 e. The molecule has 0 bridgehead atoms. The van der Waals surface area contributed by atoms with Crippen LogP contribution in [-0.4, -0.2) is 41.2 Å². The molecule has 122 valence electrons. The minimum Gasteiger partial charge on any atom is -0.339 e. The molecule has 6 nitrogen and oxygen atoms in total. The lowest BCUT2D eigenvalue weighted by Crippen LogP contribution is -2.31. The van der Waals surface area contributed by atoms with Gasteiger partial charge < -0.3 is 4.52 Å². The van der Waals surface area contributed by atoms with Gasteiger partial charge in [0.15, 0.2) is 5.82 Å². The first-order valence-electron chi connectivity index (χ1n) is 7.90. The van der Waals surface area contributed by atoms with Gasteiger partial charge in [-0.3, -0.25) is 0 Å². The van der Waals surface area contributed by atoms with Crippen LogP contribution in [-0.2, 0) is 10.0 Å². The van der Waals surface area contributed by atoms with Gasteiger partial charge in [0.1, 0.15) is 0 Å². The van der Waals surface area contributed by atoms with E-state index in [9.17, 15) is 8.42 Å². The molecule has 23 heavy (non-hydrogen) atoms. The molecule has 2 heterocycles. The highest BCUT2D eigenvalue weighted by Gasteiger charge is 2.47. The lowest BCUT2D eigenvalue weighted by atomic mass is 9.89. The molecule has 0 unspecified atom stereocenters. The molecule has 7 heteroatoms. The molecule has 0 spiro atoms. The van der Waals surface area contributed by atoms with Gasteiger partial charge in [-0.2, -0.15) is 4.98 Å². The SMILES string of the molecule is Cc1noc([C@H]2CN(S(=O)(=O)C3CC3)C[C@@H]2c2ccccc2)n1. The van der Waals surface area contributed by atoms with E-state index in [0.29, 0.717) is 24.8 Å². The van der Waals surface area contributed by atoms with E-state index in [-0.39, 0.29) is 17.1 Å². The molecule has 1 aromatic heterocycles. The Hall–Kier alpha value is -1.73.